The monoisotopic (exact) mass is 270 g/mol. The predicted molar refractivity (Wildman–Crippen MR) is 81.7 cm³/mol. The van der Waals surface area contributed by atoms with Crippen molar-refractivity contribution in [2.45, 2.75) is 39.3 Å². The first-order valence-corrected chi connectivity index (χ1v) is 7.08. The van der Waals surface area contributed by atoms with Crippen LogP contribution in [0, 0.1) is 6.92 Å². The second-order valence-corrected chi connectivity index (χ2v) is 5.04. The Kier molecular flexibility index (Phi) is 5.13. The summed E-state index contributed by atoms with van der Waals surface area (Å²) in [6.07, 6.45) is 1.69. The highest BCUT2D eigenvalue weighted by Crippen LogP contribution is 2.20. The lowest BCUT2D eigenvalue weighted by Crippen LogP contribution is -2.22. The van der Waals surface area contributed by atoms with Crippen molar-refractivity contribution < 1.29 is 4.74 Å². The molecule has 0 aliphatic carbocycles. The van der Waals surface area contributed by atoms with Gasteiger partial charge in [-0.15, -0.1) is 0 Å². The van der Waals surface area contributed by atoms with Gasteiger partial charge in [0.25, 0.3) is 0 Å². The molecule has 2 rings (SSSR count). The molecule has 20 heavy (non-hydrogen) atoms. The first-order valence-electron chi connectivity index (χ1n) is 7.08. The largest absolute Gasteiger partial charge is 0.487 e. The number of ether oxygens (including phenoxy) is 1. The van der Waals surface area contributed by atoms with Gasteiger partial charge in [-0.05, 0) is 31.0 Å². The molecule has 0 amide bonds. The predicted octanol–water partition coefficient (Wildman–Crippen LogP) is 3.25. The second kappa shape index (κ2) is 7.06. The fraction of sp³-hybridized carbons (Fsp3) is 0.353. The van der Waals surface area contributed by atoms with E-state index in [0.717, 1.165) is 35.5 Å². The first kappa shape index (κ1) is 14.5. The molecule has 1 aromatic heterocycles. The molecule has 1 aromatic carbocycles. The van der Waals surface area contributed by atoms with Crippen molar-refractivity contribution in [1.29, 1.82) is 0 Å². The summed E-state index contributed by atoms with van der Waals surface area (Å²) < 4.78 is 5.91. The average Bonchev–Trinajstić information content (AvgIpc) is 2.47. The minimum absolute atomic E-state index is 0.128. The summed E-state index contributed by atoms with van der Waals surface area (Å²) in [5.74, 6) is 0.836. The summed E-state index contributed by atoms with van der Waals surface area (Å²) in [6, 6.07) is 14.2. The van der Waals surface area contributed by atoms with E-state index in [1.165, 1.54) is 0 Å². The number of rotatable bonds is 6. The number of hydrogen-bond donors (Lipinski definition) is 1. The van der Waals surface area contributed by atoms with Gasteiger partial charge in [-0.25, -0.2) is 0 Å². The SMILES string of the molecule is CCC(N)Cc1nc(C)ccc1OCc1ccccc1. The van der Waals surface area contributed by atoms with Gasteiger partial charge in [0.1, 0.15) is 12.4 Å². The molecule has 0 spiro atoms. The quantitative estimate of drug-likeness (QED) is 0.876. The van der Waals surface area contributed by atoms with Gasteiger partial charge in [-0.2, -0.15) is 0 Å². The maximum atomic E-state index is 6.04. The summed E-state index contributed by atoms with van der Waals surface area (Å²) in [5, 5.41) is 0. The van der Waals surface area contributed by atoms with Crippen LogP contribution in [-0.4, -0.2) is 11.0 Å². The van der Waals surface area contributed by atoms with E-state index in [9.17, 15) is 0 Å². The maximum Gasteiger partial charge on any atom is 0.141 e. The Morgan fingerprint density at radius 3 is 2.60 bits per heavy atom. The standard InChI is InChI=1S/C17H22N2O/c1-3-15(18)11-16-17(10-9-13(2)19-16)20-12-14-7-5-4-6-8-14/h4-10,15H,3,11-12,18H2,1-2H3. The lowest BCUT2D eigenvalue weighted by atomic mass is 10.1. The highest BCUT2D eigenvalue weighted by Gasteiger charge is 2.10. The number of nitrogens with zero attached hydrogens (tertiary/aromatic N) is 1. The van der Waals surface area contributed by atoms with Crippen LogP contribution in [0.15, 0.2) is 42.5 Å². The van der Waals surface area contributed by atoms with E-state index in [4.69, 9.17) is 10.5 Å². The molecule has 0 saturated heterocycles. The average molecular weight is 270 g/mol. The van der Waals surface area contributed by atoms with Crippen LogP contribution >= 0.6 is 0 Å². The maximum absolute atomic E-state index is 6.04. The first-order chi connectivity index (χ1) is 9.69. The fourth-order valence-corrected chi connectivity index (χ4v) is 2.00. The lowest BCUT2D eigenvalue weighted by molar-refractivity contribution is 0.300. The van der Waals surface area contributed by atoms with Crippen LogP contribution < -0.4 is 10.5 Å². The van der Waals surface area contributed by atoms with E-state index >= 15 is 0 Å². The van der Waals surface area contributed by atoms with Crippen LogP contribution in [0.25, 0.3) is 0 Å². The Hall–Kier alpha value is -1.87. The van der Waals surface area contributed by atoms with Gasteiger partial charge in [0.15, 0.2) is 0 Å². The zero-order valence-corrected chi connectivity index (χ0v) is 12.2. The van der Waals surface area contributed by atoms with Gasteiger partial charge in [-0.1, -0.05) is 37.3 Å². The highest BCUT2D eigenvalue weighted by molar-refractivity contribution is 5.30. The normalized spacial score (nSPS) is 12.2. The number of aromatic nitrogens is 1. The Morgan fingerprint density at radius 2 is 1.90 bits per heavy atom. The molecule has 1 unspecified atom stereocenters. The van der Waals surface area contributed by atoms with Gasteiger partial charge in [0.2, 0.25) is 0 Å². The number of nitrogens with two attached hydrogens (primary N) is 1. The van der Waals surface area contributed by atoms with Gasteiger partial charge >= 0.3 is 0 Å². The second-order valence-electron chi connectivity index (χ2n) is 5.04. The summed E-state index contributed by atoms with van der Waals surface area (Å²) in [6.45, 7) is 4.63. The molecular formula is C17H22N2O. The Morgan fingerprint density at radius 1 is 1.15 bits per heavy atom. The van der Waals surface area contributed by atoms with Crippen molar-refractivity contribution in [2.24, 2.45) is 5.73 Å². The summed E-state index contributed by atoms with van der Waals surface area (Å²) in [4.78, 5) is 4.57. The van der Waals surface area contributed by atoms with E-state index in [2.05, 4.69) is 24.0 Å². The van der Waals surface area contributed by atoms with Crippen LogP contribution in [0.4, 0.5) is 0 Å². The fourth-order valence-electron chi connectivity index (χ4n) is 2.00. The van der Waals surface area contributed by atoms with Crippen molar-refractivity contribution >= 4 is 0 Å². The van der Waals surface area contributed by atoms with E-state index in [1.807, 2.05) is 37.3 Å². The third-order valence-corrected chi connectivity index (χ3v) is 3.29. The van der Waals surface area contributed by atoms with Crippen LogP contribution in [0.1, 0.15) is 30.3 Å². The molecule has 2 aromatic rings. The molecule has 0 fully saturated rings. The molecule has 3 heteroatoms. The number of hydrogen-bond acceptors (Lipinski definition) is 3. The van der Waals surface area contributed by atoms with E-state index < -0.39 is 0 Å². The summed E-state index contributed by atoms with van der Waals surface area (Å²) in [5.41, 5.74) is 9.14. The molecule has 0 aliphatic rings. The van der Waals surface area contributed by atoms with Crippen LogP contribution in [0.3, 0.4) is 0 Å². The van der Waals surface area contributed by atoms with Crippen molar-refractivity contribution in [3.63, 3.8) is 0 Å². The van der Waals surface area contributed by atoms with Crippen LogP contribution in [0.2, 0.25) is 0 Å². The third-order valence-electron chi connectivity index (χ3n) is 3.29. The van der Waals surface area contributed by atoms with Crippen molar-refractivity contribution in [2.75, 3.05) is 0 Å². The Balaban J connectivity index is 2.10. The van der Waals surface area contributed by atoms with Crippen molar-refractivity contribution in [3.8, 4) is 5.75 Å². The number of aryl methyl sites for hydroxylation is 1. The van der Waals surface area contributed by atoms with Gasteiger partial charge in [0, 0.05) is 18.2 Å². The van der Waals surface area contributed by atoms with Crippen molar-refractivity contribution in [1.82, 2.24) is 4.98 Å². The van der Waals surface area contributed by atoms with Gasteiger partial charge < -0.3 is 10.5 Å². The van der Waals surface area contributed by atoms with Crippen LogP contribution in [0.5, 0.6) is 5.75 Å². The smallest absolute Gasteiger partial charge is 0.141 e. The van der Waals surface area contributed by atoms with E-state index in [1.54, 1.807) is 0 Å². The van der Waals surface area contributed by atoms with E-state index in [0.29, 0.717) is 6.61 Å². The lowest BCUT2D eigenvalue weighted by Gasteiger charge is -2.14. The molecule has 1 heterocycles. The minimum Gasteiger partial charge on any atom is -0.487 e. The third kappa shape index (κ3) is 4.07. The number of benzene rings is 1. The number of pyridine rings is 1. The Labute approximate surface area is 120 Å². The molecule has 3 nitrogen and oxygen atoms in total. The molecule has 106 valence electrons. The molecule has 2 N–H and O–H groups in total. The molecule has 1 atom stereocenters. The van der Waals surface area contributed by atoms with Crippen molar-refractivity contribution in [3.05, 3.63) is 59.4 Å². The molecular weight excluding hydrogens is 248 g/mol. The Bertz CT molecular complexity index is 540. The van der Waals surface area contributed by atoms with E-state index in [-0.39, 0.29) is 6.04 Å². The summed E-state index contributed by atoms with van der Waals surface area (Å²) >= 11 is 0. The van der Waals surface area contributed by atoms with Gasteiger partial charge in [-0.3, -0.25) is 4.98 Å². The molecule has 0 aliphatic heterocycles. The zero-order valence-electron chi connectivity index (χ0n) is 12.2. The molecule has 0 bridgehead atoms. The summed E-state index contributed by atoms with van der Waals surface area (Å²) in [7, 11) is 0. The highest BCUT2D eigenvalue weighted by atomic mass is 16.5. The minimum atomic E-state index is 0.128. The molecule has 0 radical (unpaired) electrons. The topological polar surface area (TPSA) is 48.1 Å². The molecule has 0 saturated carbocycles. The van der Waals surface area contributed by atoms with Gasteiger partial charge in [0.05, 0.1) is 5.69 Å². The zero-order chi connectivity index (χ0) is 14.4. The van der Waals surface area contributed by atoms with Crippen LogP contribution in [-0.2, 0) is 13.0 Å².